The lowest BCUT2D eigenvalue weighted by Gasteiger charge is -2.36. The van der Waals surface area contributed by atoms with E-state index in [1.54, 1.807) is 0 Å². The standard InChI is InChI=1S/C31H25Cl2N5O/c32-23-12-15-25-27(20-23)35-31(36-29(25)21-6-2-1-3-7-21)34-24-13-10-22(11-14-24)30(39)38-18-16-37(17-19-38)28-9-5-4-8-26(28)33/h1-15,20H,16-19H2,(H,34,35,36). The highest BCUT2D eigenvalue weighted by Crippen LogP contribution is 2.30. The molecule has 0 atom stereocenters. The van der Waals surface area contributed by atoms with Gasteiger partial charge in [-0.1, -0.05) is 65.7 Å². The first kappa shape index (κ1) is 25.2. The minimum absolute atomic E-state index is 0.0170. The zero-order valence-electron chi connectivity index (χ0n) is 21.0. The lowest BCUT2D eigenvalue weighted by Crippen LogP contribution is -2.48. The van der Waals surface area contributed by atoms with Crippen molar-refractivity contribution in [3.05, 3.63) is 113 Å². The Bertz CT molecular complexity index is 1640. The number of benzene rings is 4. The summed E-state index contributed by atoms with van der Waals surface area (Å²) in [6, 6.07) is 30.9. The number of carbonyl (C=O) groups excluding carboxylic acids is 1. The highest BCUT2D eigenvalue weighted by molar-refractivity contribution is 6.33. The van der Waals surface area contributed by atoms with Gasteiger partial charge < -0.3 is 15.1 Å². The summed E-state index contributed by atoms with van der Waals surface area (Å²) in [5.74, 6) is 0.474. The van der Waals surface area contributed by atoms with Gasteiger partial charge >= 0.3 is 0 Å². The van der Waals surface area contributed by atoms with E-state index in [4.69, 9.17) is 33.2 Å². The lowest BCUT2D eigenvalue weighted by atomic mass is 10.1. The van der Waals surface area contributed by atoms with Crippen LogP contribution in [-0.2, 0) is 0 Å². The topological polar surface area (TPSA) is 61.4 Å². The Balaban J connectivity index is 1.17. The molecule has 1 amide bonds. The average molecular weight is 554 g/mol. The molecular formula is C31H25Cl2N5O. The van der Waals surface area contributed by atoms with Gasteiger partial charge in [0.1, 0.15) is 0 Å². The summed E-state index contributed by atoms with van der Waals surface area (Å²) in [7, 11) is 0. The van der Waals surface area contributed by atoms with E-state index in [0.29, 0.717) is 29.6 Å². The molecule has 6 nitrogen and oxygen atoms in total. The van der Waals surface area contributed by atoms with Gasteiger partial charge in [-0.05, 0) is 54.6 Å². The molecule has 1 fully saturated rings. The van der Waals surface area contributed by atoms with Crippen LogP contribution in [-0.4, -0.2) is 47.0 Å². The number of piperazine rings is 1. The molecule has 194 valence electrons. The smallest absolute Gasteiger partial charge is 0.253 e. The van der Waals surface area contributed by atoms with Crippen LogP contribution in [0.5, 0.6) is 0 Å². The molecule has 39 heavy (non-hydrogen) atoms. The predicted molar refractivity (Wildman–Crippen MR) is 159 cm³/mol. The molecule has 0 bridgehead atoms. The van der Waals surface area contributed by atoms with Crippen LogP contribution in [0, 0.1) is 0 Å². The Morgan fingerprint density at radius 3 is 2.23 bits per heavy atom. The third-order valence-corrected chi connectivity index (χ3v) is 7.41. The molecule has 5 aromatic rings. The Labute approximate surface area is 236 Å². The summed E-state index contributed by atoms with van der Waals surface area (Å²) in [5.41, 5.74) is 5.00. The van der Waals surface area contributed by atoms with Crippen LogP contribution in [0.4, 0.5) is 17.3 Å². The predicted octanol–water partition coefficient (Wildman–Crippen LogP) is 7.31. The first-order valence-corrected chi connectivity index (χ1v) is 13.5. The number of amides is 1. The molecule has 1 aromatic heterocycles. The third kappa shape index (κ3) is 5.39. The van der Waals surface area contributed by atoms with E-state index >= 15 is 0 Å². The average Bonchev–Trinajstić information content (AvgIpc) is 2.97. The number of fused-ring (bicyclic) bond motifs is 1. The van der Waals surface area contributed by atoms with Crippen molar-refractivity contribution in [2.24, 2.45) is 0 Å². The molecule has 6 rings (SSSR count). The normalized spacial score (nSPS) is 13.5. The molecular weight excluding hydrogens is 529 g/mol. The molecule has 0 unspecified atom stereocenters. The molecule has 1 aliphatic heterocycles. The summed E-state index contributed by atoms with van der Waals surface area (Å²) in [4.78, 5) is 26.8. The van der Waals surface area contributed by atoms with Gasteiger partial charge in [-0.3, -0.25) is 4.79 Å². The zero-order valence-corrected chi connectivity index (χ0v) is 22.5. The van der Waals surface area contributed by atoms with Crippen molar-refractivity contribution in [2.75, 3.05) is 36.4 Å². The minimum atomic E-state index is 0.0170. The number of halogens is 2. The Morgan fingerprint density at radius 2 is 1.49 bits per heavy atom. The summed E-state index contributed by atoms with van der Waals surface area (Å²) in [5, 5.41) is 5.56. The van der Waals surface area contributed by atoms with E-state index in [1.807, 2.05) is 102 Å². The Morgan fingerprint density at radius 1 is 0.769 bits per heavy atom. The third-order valence-electron chi connectivity index (χ3n) is 6.85. The minimum Gasteiger partial charge on any atom is -0.367 e. The number of para-hydroxylation sites is 1. The van der Waals surface area contributed by atoms with Crippen molar-refractivity contribution in [3.63, 3.8) is 0 Å². The number of hydrogen-bond donors (Lipinski definition) is 1. The zero-order chi connectivity index (χ0) is 26.8. The number of carbonyl (C=O) groups is 1. The SMILES string of the molecule is O=C(c1ccc(Nc2nc(-c3ccccc3)c3ccc(Cl)cc3n2)cc1)N1CCN(c2ccccc2Cl)CC1. The Hall–Kier alpha value is -4.13. The fourth-order valence-electron chi connectivity index (χ4n) is 4.84. The van der Waals surface area contributed by atoms with Crippen molar-refractivity contribution in [1.29, 1.82) is 0 Å². The fraction of sp³-hybridized carbons (Fsp3) is 0.129. The van der Waals surface area contributed by atoms with Gasteiger partial charge in [0.25, 0.3) is 5.91 Å². The second-order valence-corrected chi connectivity index (χ2v) is 10.2. The van der Waals surface area contributed by atoms with Crippen LogP contribution in [0.25, 0.3) is 22.2 Å². The van der Waals surface area contributed by atoms with Crippen molar-refractivity contribution in [2.45, 2.75) is 0 Å². The molecule has 0 aliphatic carbocycles. The number of hydrogen-bond acceptors (Lipinski definition) is 5. The van der Waals surface area contributed by atoms with E-state index in [2.05, 4.69) is 10.2 Å². The van der Waals surface area contributed by atoms with E-state index < -0.39 is 0 Å². The number of aromatic nitrogens is 2. The van der Waals surface area contributed by atoms with Gasteiger partial charge in [-0.2, -0.15) is 0 Å². The van der Waals surface area contributed by atoms with Gasteiger partial charge in [0.2, 0.25) is 5.95 Å². The van der Waals surface area contributed by atoms with Crippen LogP contribution >= 0.6 is 23.2 Å². The van der Waals surface area contributed by atoms with Gasteiger partial charge in [-0.25, -0.2) is 9.97 Å². The summed E-state index contributed by atoms with van der Waals surface area (Å²) < 4.78 is 0. The Kier molecular flexibility index (Phi) is 7.05. The highest BCUT2D eigenvalue weighted by Gasteiger charge is 2.23. The first-order valence-electron chi connectivity index (χ1n) is 12.7. The quantitative estimate of drug-likeness (QED) is 0.247. The number of anilines is 3. The van der Waals surface area contributed by atoms with Crippen molar-refractivity contribution in [1.82, 2.24) is 14.9 Å². The van der Waals surface area contributed by atoms with Crippen LogP contribution in [0.15, 0.2) is 97.1 Å². The van der Waals surface area contributed by atoms with Gasteiger partial charge in [0.15, 0.2) is 0 Å². The number of rotatable bonds is 5. The molecule has 1 saturated heterocycles. The van der Waals surface area contributed by atoms with Crippen molar-refractivity contribution < 1.29 is 4.79 Å². The second-order valence-electron chi connectivity index (χ2n) is 9.36. The van der Waals surface area contributed by atoms with Gasteiger partial charge in [0.05, 0.1) is 21.9 Å². The fourth-order valence-corrected chi connectivity index (χ4v) is 5.26. The molecule has 2 heterocycles. The summed E-state index contributed by atoms with van der Waals surface area (Å²) in [6.45, 7) is 2.75. The maximum absolute atomic E-state index is 13.2. The van der Waals surface area contributed by atoms with E-state index in [-0.39, 0.29) is 5.91 Å². The van der Waals surface area contributed by atoms with Crippen LogP contribution in [0.2, 0.25) is 10.0 Å². The number of nitrogens with zero attached hydrogens (tertiary/aromatic N) is 4. The van der Waals surface area contributed by atoms with Gasteiger partial charge in [-0.15, -0.1) is 0 Å². The molecule has 4 aromatic carbocycles. The van der Waals surface area contributed by atoms with Crippen LogP contribution in [0.1, 0.15) is 10.4 Å². The largest absolute Gasteiger partial charge is 0.367 e. The maximum Gasteiger partial charge on any atom is 0.253 e. The van der Waals surface area contributed by atoms with Crippen LogP contribution in [0.3, 0.4) is 0 Å². The number of nitrogens with one attached hydrogen (secondary N) is 1. The molecule has 8 heteroatoms. The van der Waals surface area contributed by atoms with Crippen molar-refractivity contribution in [3.8, 4) is 11.3 Å². The molecule has 0 radical (unpaired) electrons. The van der Waals surface area contributed by atoms with Crippen molar-refractivity contribution >= 4 is 57.3 Å². The molecule has 1 aliphatic rings. The second kappa shape index (κ2) is 10.9. The lowest BCUT2D eigenvalue weighted by molar-refractivity contribution is 0.0747. The maximum atomic E-state index is 13.2. The highest BCUT2D eigenvalue weighted by atomic mass is 35.5. The monoisotopic (exact) mass is 553 g/mol. The van der Waals surface area contributed by atoms with E-state index in [0.717, 1.165) is 51.6 Å². The summed E-state index contributed by atoms with van der Waals surface area (Å²) >= 11 is 12.6. The van der Waals surface area contributed by atoms with Gasteiger partial charge in [0, 0.05) is 53.4 Å². The first-order chi connectivity index (χ1) is 19.0. The van der Waals surface area contributed by atoms with Crippen LogP contribution < -0.4 is 10.2 Å². The van der Waals surface area contributed by atoms with E-state index in [1.165, 1.54) is 0 Å². The molecule has 0 spiro atoms. The molecule has 0 saturated carbocycles. The summed E-state index contributed by atoms with van der Waals surface area (Å²) in [6.07, 6.45) is 0. The molecule has 1 N–H and O–H groups in total. The van der Waals surface area contributed by atoms with E-state index in [9.17, 15) is 4.79 Å².